The molecule has 1 fully saturated rings. The fraction of sp³-hybridized carbons (Fsp3) is 0.391. The third-order valence-electron chi connectivity index (χ3n) is 5.93. The highest BCUT2D eigenvalue weighted by Gasteiger charge is 2.25. The third-order valence-corrected chi connectivity index (χ3v) is 5.93. The van der Waals surface area contributed by atoms with Crippen LogP contribution in [0.15, 0.2) is 35.3 Å². The molecule has 9 nitrogen and oxygen atoms in total. The summed E-state index contributed by atoms with van der Waals surface area (Å²) in [6, 6.07) is 7.33. The Morgan fingerprint density at radius 3 is 2.44 bits per heavy atom. The number of hydrogen-bond donors (Lipinski definition) is 3. The Morgan fingerprint density at radius 1 is 1.06 bits per heavy atom. The maximum Gasteiger partial charge on any atom is 0.407 e. The largest absolute Gasteiger partial charge is 0.465 e. The SMILES string of the molecule is CNC(=O)c1cc(C(=O)NC2CC2)cn(Cc2ccc3c(c2)CCN(C(=O)O)CC3)c1=O. The first-order chi connectivity index (χ1) is 15.4. The molecule has 0 spiro atoms. The van der Waals surface area contributed by atoms with Crippen molar-refractivity contribution in [2.45, 2.75) is 38.3 Å². The van der Waals surface area contributed by atoms with Crippen molar-refractivity contribution in [2.24, 2.45) is 0 Å². The summed E-state index contributed by atoms with van der Waals surface area (Å²) < 4.78 is 1.38. The van der Waals surface area contributed by atoms with Crippen molar-refractivity contribution < 1.29 is 19.5 Å². The van der Waals surface area contributed by atoms with Crippen LogP contribution in [0, 0.1) is 0 Å². The van der Waals surface area contributed by atoms with E-state index >= 15 is 0 Å². The van der Waals surface area contributed by atoms with Crippen molar-refractivity contribution in [3.8, 4) is 0 Å². The van der Waals surface area contributed by atoms with Gasteiger partial charge in [-0.25, -0.2) is 4.79 Å². The Morgan fingerprint density at radius 2 is 1.78 bits per heavy atom. The monoisotopic (exact) mass is 438 g/mol. The third kappa shape index (κ3) is 4.66. The molecule has 1 saturated carbocycles. The summed E-state index contributed by atoms with van der Waals surface area (Å²) in [6.45, 7) is 1.07. The summed E-state index contributed by atoms with van der Waals surface area (Å²) in [6.07, 6.45) is 3.67. The van der Waals surface area contributed by atoms with Gasteiger partial charge in [0.15, 0.2) is 0 Å². The van der Waals surface area contributed by atoms with Gasteiger partial charge in [-0.3, -0.25) is 14.4 Å². The lowest BCUT2D eigenvalue weighted by Gasteiger charge is -2.15. The standard InChI is InChI=1S/C23H26N4O5/c1-24-21(29)19-11-17(20(28)25-18-4-5-18)13-27(22(19)30)12-14-2-3-15-6-8-26(23(31)32)9-7-16(15)10-14/h2-3,10-11,13,18H,4-9,12H2,1H3,(H,24,29)(H,25,28)(H,31,32). The van der Waals surface area contributed by atoms with E-state index in [1.165, 1.54) is 28.8 Å². The highest BCUT2D eigenvalue weighted by Crippen LogP contribution is 2.20. The van der Waals surface area contributed by atoms with Crippen LogP contribution < -0.4 is 16.2 Å². The zero-order valence-corrected chi connectivity index (χ0v) is 17.9. The summed E-state index contributed by atoms with van der Waals surface area (Å²) >= 11 is 0. The Bertz CT molecular complexity index is 1140. The molecule has 3 N–H and O–H groups in total. The van der Waals surface area contributed by atoms with Crippen LogP contribution in [0.3, 0.4) is 0 Å². The number of fused-ring (bicyclic) bond motifs is 1. The number of carbonyl (C=O) groups is 3. The molecule has 168 valence electrons. The molecule has 0 radical (unpaired) electrons. The molecule has 1 aromatic heterocycles. The molecule has 32 heavy (non-hydrogen) atoms. The van der Waals surface area contributed by atoms with Gasteiger partial charge in [0.1, 0.15) is 5.56 Å². The number of pyridine rings is 1. The Hall–Kier alpha value is -3.62. The maximum atomic E-state index is 12.9. The zero-order valence-electron chi connectivity index (χ0n) is 17.9. The Labute approximate surface area is 185 Å². The molecule has 3 amide bonds. The van der Waals surface area contributed by atoms with Crippen molar-refractivity contribution in [2.75, 3.05) is 20.1 Å². The average molecular weight is 438 g/mol. The van der Waals surface area contributed by atoms with E-state index in [0.717, 1.165) is 29.5 Å². The number of rotatable bonds is 5. The van der Waals surface area contributed by atoms with Gasteiger partial charge >= 0.3 is 6.09 Å². The van der Waals surface area contributed by atoms with E-state index in [2.05, 4.69) is 10.6 Å². The van der Waals surface area contributed by atoms with Crippen LogP contribution in [0.4, 0.5) is 4.79 Å². The second-order valence-electron chi connectivity index (χ2n) is 8.28. The average Bonchev–Trinajstić information content (AvgIpc) is 3.60. The van der Waals surface area contributed by atoms with Crippen LogP contribution in [-0.2, 0) is 19.4 Å². The summed E-state index contributed by atoms with van der Waals surface area (Å²) in [5, 5.41) is 14.6. The first kappa shape index (κ1) is 21.6. The van der Waals surface area contributed by atoms with E-state index in [-0.39, 0.29) is 29.6 Å². The smallest absolute Gasteiger partial charge is 0.407 e. The normalized spacial score (nSPS) is 15.5. The summed E-state index contributed by atoms with van der Waals surface area (Å²) in [4.78, 5) is 50.5. The van der Waals surface area contributed by atoms with Gasteiger partial charge < -0.3 is 25.2 Å². The van der Waals surface area contributed by atoms with Crippen molar-refractivity contribution in [3.63, 3.8) is 0 Å². The summed E-state index contributed by atoms with van der Waals surface area (Å²) in [7, 11) is 1.44. The van der Waals surface area contributed by atoms with Crippen LogP contribution in [0.1, 0.15) is 50.2 Å². The predicted molar refractivity (Wildman–Crippen MR) is 117 cm³/mol. The number of amides is 3. The van der Waals surface area contributed by atoms with E-state index in [1.54, 1.807) is 0 Å². The molecule has 0 bridgehead atoms. The van der Waals surface area contributed by atoms with Gasteiger partial charge in [0.2, 0.25) is 0 Å². The highest BCUT2D eigenvalue weighted by molar-refractivity contribution is 5.99. The quantitative estimate of drug-likeness (QED) is 0.648. The number of hydrogen-bond acceptors (Lipinski definition) is 4. The molecule has 0 unspecified atom stereocenters. The van der Waals surface area contributed by atoms with Crippen LogP contribution in [0.5, 0.6) is 0 Å². The number of aromatic nitrogens is 1. The topological polar surface area (TPSA) is 121 Å². The molecule has 1 aromatic carbocycles. The second-order valence-corrected chi connectivity index (χ2v) is 8.28. The minimum atomic E-state index is -0.924. The molecule has 4 rings (SSSR count). The van der Waals surface area contributed by atoms with E-state index < -0.39 is 17.6 Å². The number of carbonyl (C=O) groups excluding carboxylic acids is 2. The summed E-state index contributed by atoms with van der Waals surface area (Å²) in [5.74, 6) is -0.845. The fourth-order valence-corrected chi connectivity index (χ4v) is 3.94. The molecule has 2 aromatic rings. The molecule has 1 aliphatic carbocycles. The highest BCUT2D eigenvalue weighted by atomic mass is 16.4. The molecular weight excluding hydrogens is 412 g/mol. The van der Waals surface area contributed by atoms with Crippen LogP contribution in [0.25, 0.3) is 0 Å². The van der Waals surface area contributed by atoms with Gasteiger partial charge in [0, 0.05) is 32.4 Å². The van der Waals surface area contributed by atoms with Gasteiger partial charge in [-0.1, -0.05) is 18.2 Å². The van der Waals surface area contributed by atoms with Gasteiger partial charge in [0.25, 0.3) is 17.4 Å². The minimum absolute atomic E-state index is 0.0807. The lowest BCUT2D eigenvalue weighted by atomic mass is 10.00. The molecule has 0 saturated heterocycles. The Kier molecular flexibility index (Phi) is 5.98. The second kappa shape index (κ2) is 8.86. The van der Waals surface area contributed by atoms with Crippen LogP contribution in [-0.4, -0.2) is 58.7 Å². The van der Waals surface area contributed by atoms with Gasteiger partial charge in [-0.15, -0.1) is 0 Å². The minimum Gasteiger partial charge on any atom is -0.465 e. The first-order valence-electron chi connectivity index (χ1n) is 10.7. The number of carboxylic acid groups (broad SMARTS) is 1. The first-order valence-corrected chi connectivity index (χ1v) is 10.7. The van der Waals surface area contributed by atoms with Gasteiger partial charge in [0.05, 0.1) is 12.1 Å². The number of nitrogens with one attached hydrogen (secondary N) is 2. The van der Waals surface area contributed by atoms with Crippen molar-refractivity contribution in [1.29, 1.82) is 0 Å². The lowest BCUT2D eigenvalue weighted by Crippen LogP contribution is -2.34. The van der Waals surface area contributed by atoms with Gasteiger partial charge in [-0.05, 0) is 48.4 Å². The predicted octanol–water partition coefficient (Wildman–Crippen LogP) is 1.23. The van der Waals surface area contributed by atoms with Crippen molar-refractivity contribution >= 4 is 17.9 Å². The fourth-order valence-electron chi connectivity index (χ4n) is 3.94. The molecule has 2 aliphatic rings. The molecular formula is C23H26N4O5. The molecule has 2 heterocycles. The van der Waals surface area contributed by atoms with E-state index in [4.69, 9.17) is 0 Å². The lowest BCUT2D eigenvalue weighted by molar-refractivity contribution is 0.0950. The zero-order chi connectivity index (χ0) is 22.8. The van der Waals surface area contributed by atoms with E-state index in [0.29, 0.717) is 25.9 Å². The van der Waals surface area contributed by atoms with E-state index in [1.807, 2.05) is 18.2 Å². The molecule has 0 atom stereocenters. The molecule has 1 aliphatic heterocycles. The Balaban J connectivity index is 1.63. The van der Waals surface area contributed by atoms with Crippen molar-refractivity contribution in [3.05, 3.63) is 68.6 Å². The van der Waals surface area contributed by atoms with Crippen LogP contribution >= 0.6 is 0 Å². The number of benzene rings is 1. The number of nitrogens with zero attached hydrogens (tertiary/aromatic N) is 2. The summed E-state index contributed by atoms with van der Waals surface area (Å²) in [5.41, 5.74) is 2.70. The van der Waals surface area contributed by atoms with Gasteiger partial charge in [-0.2, -0.15) is 0 Å². The maximum absolute atomic E-state index is 12.9. The van der Waals surface area contributed by atoms with Crippen LogP contribution in [0.2, 0.25) is 0 Å². The molecule has 9 heteroatoms. The van der Waals surface area contributed by atoms with Crippen molar-refractivity contribution in [1.82, 2.24) is 20.1 Å². The van der Waals surface area contributed by atoms with E-state index in [9.17, 15) is 24.3 Å².